The van der Waals surface area contributed by atoms with Gasteiger partial charge in [0.1, 0.15) is 0 Å². The molecule has 6 heteroatoms. The molecule has 0 aliphatic rings. The molecule has 0 aliphatic carbocycles. The monoisotopic (exact) mass is 290 g/mol. The minimum Gasteiger partial charge on any atom is -0.337 e. The van der Waals surface area contributed by atoms with E-state index in [0.29, 0.717) is 5.82 Å². The zero-order valence-corrected chi connectivity index (χ0v) is 11.2. The molecule has 94 valence electrons. The molecule has 0 atom stereocenters. The highest BCUT2D eigenvalue weighted by Crippen LogP contribution is 2.28. The molecule has 3 aromatic rings. The fourth-order valence-corrected chi connectivity index (χ4v) is 2.08. The average molecular weight is 291 g/mol. The number of hydrogen-bond donors (Lipinski definition) is 1. The lowest BCUT2D eigenvalue weighted by atomic mass is 10.1. The Bertz CT molecular complexity index is 740. The topological polar surface area (TPSA) is 50.7 Å². The SMILES string of the molecule is Clc1nnc(Cl)c(Nc2cccc3ccccc23)n1. The first-order valence-electron chi connectivity index (χ1n) is 5.54. The van der Waals surface area contributed by atoms with E-state index in [2.05, 4.69) is 20.5 Å². The van der Waals surface area contributed by atoms with Crippen LogP contribution in [0.4, 0.5) is 11.5 Å². The van der Waals surface area contributed by atoms with Crippen LogP contribution >= 0.6 is 23.2 Å². The van der Waals surface area contributed by atoms with Crippen molar-refractivity contribution in [1.82, 2.24) is 15.2 Å². The van der Waals surface area contributed by atoms with Crippen LogP contribution in [0.3, 0.4) is 0 Å². The van der Waals surface area contributed by atoms with E-state index in [1.165, 1.54) is 0 Å². The number of halogens is 2. The molecule has 1 aromatic heterocycles. The largest absolute Gasteiger partial charge is 0.337 e. The first-order valence-corrected chi connectivity index (χ1v) is 6.30. The Morgan fingerprint density at radius 3 is 2.58 bits per heavy atom. The number of anilines is 2. The van der Waals surface area contributed by atoms with E-state index in [1.807, 2.05) is 42.5 Å². The van der Waals surface area contributed by atoms with Gasteiger partial charge in [-0.3, -0.25) is 0 Å². The molecule has 0 aliphatic heterocycles. The number of benzene rings is 2. The fourth-order valence-electron chi connectivity index (χ4n) is 1.83. The van der Waals surface area contributed by atoms with Gasteiger partial charge < -0.3 is 5.32 Å². The highest BCUT2D eigenvalue weighted by atomic mass is 35.5. The van der Waals surface area contributed by atoms with Crippen molar-refractivity contribution >= 4 is 45.5 Å². The number of nitrogens with one attached hydrogen (secondary N) is 1. The molecule has 0 saturated carbocycles. The molecule has 0 fully saturated rings. The van der Waals surface area contributed by atoms with Crippen LogP contribution in [0.25, 0.3) is 10.8 Å². The zero-order chi connectivity index (χ0) is 13.2. The second kappa shape index (κ2) is 4.99. The number of hydrogen-bond acceptors (Lipinski definition) is 4. The third-order valence-corrected chi connectivity index (χ3v) is 3.08. The van der Waals surface area contributed by atoms with Crippen LogP contribution in [0, 0.1) is 0 Å². The number of fused-ring (bicyclic) bond motifs is 1. The highest BCUT2D eigenvalue weighted by Gasteiger charge is 2.08. The van der Waals surface area contributed by atoms with E-state index < -0.39 is 0 Å². The first kappa shape index (κ1) is 12.1. The number of nitrogens with zero attached hydrogens (tertiary/aromatic N) is 3. The van der Waals surface area contributed by atoms with Crippen LogP contribution < -0.4 is 5.32 Å². The molecule has 1 heterocycles. The molecule has 0 spiro atoms. The smallest absolute Gasteiger partial charge is 0.245 e. The summed E-state index contributed by atoms with van der Waals surface area (Å²) >= 11 is 11.7. The lowest BCUT2D eigenvalue weighted by Gasteiger charge is -2.09. The van der Waals surface area contributed by atoms with E-state index in [-0.39, 0.29) is 10.4 Å². The van der Waals surface area contributed by atoms with Crippen molar-refractivity contribution in [3.63, 3.8) is 0 Å². The van der Waals surface area contributed by atoms with Gasteiger partial charge in [0.05, 0.1) is 0 Å². The molecule has 4 nitrogen and oxygen atoms in total. The molecular weight excluding hydrogens is 283 g/mol. The van der Waals surface area contributed by atoms with Gasteiger partial charge in [0, 0.05) is 11.1 Å². The Labute approximate surface area is 119 Å². The Hall–Kier alpha value is -1.91. The van der Waals surface area contributed by atoms with E-state index >= 15 is 0 Å². The molecule has 3 rings (SSSR count). The van der Waals surface area contributed by atoms with E-state index in [0.717, 1.165) is 16.5 Å². The van der Waals surface area contributed by atoms with Crippen molar-refractivity contribution < 1.29 is 0 Å². The fraction of sp³-hybridized carbons (Fsp3) is 0. The summed E-state index contributed by atoms with van der Waals surface area (Å²) in [6, 6.07) is 13.9. The Morgan fingerprint density at radius 1 is 0.895 bits per heavy atom. The number of aromatic nitrogens is 3. The predicted molar refractivity (Wildman–Crippen MR) is 77.1 cm³/mol. The summed E-state index contributed by atoms with van der Waals surface area (Å²) in [6.45, 7) is 0. The summed E-state index contributed by atoms with van der Waals surface area (Å²) in [5.41, 5.74) is 0.886. The summed E-state index contributed by atoms with van der Waals surface area (Å²) in [5.74, 6) is 0.387. The van der Waals surface area contributed by atoms with Gasteiger partial charge in [0.2, 0.25) is 5.28 Å². The molecule has 0 radical (unpaired) electrons. The van der Waals surface area contributed by atoms with E-state index in [9.17, 15) is 0 Å². The zero-order valence-electron chi connectivity index (χ0n) is 9.64. The Kier molecular flexibility index (Phi) is 3.19. The maximum absolute atomic E-state index is 5.94. The molecule has 0 amide bonds. The molecule has 0 saturated heterocycles. The van der Waals surface area contributed by atoms with Crippen LogP contribution in [0.2, 0.25) is 10.4 Å². The molecule has 19 heavy (non-hydrogen) atoms. The van der Waals surface area contributed by atoms with Crippen LogP contribution in [0.15, 0.2) is 42.5 Å². The standard InChI is InChI=1S/C13H8Cl2N4/c14-11-12(17-13(15)19-18-11)16-10-7-3-5-8-4-1-2-6-9(8)10/h1-7H,(H,16,17,19). The summed E-state index contributed by atoms with van der Waals surface area (Å²) in [5, 5.41) is 12.8. The lowest BCUT2D eigenvalue weighted by molar-refractivity contribution is 0.975. The van der Waals surface area contributed by atoms with Crippen molar-refractivity contribution in [2.24, 2.45) is 0 Å². The second-order valence-electron chi connectivity index (χ2n) is 3.87. The molecule has 0 unspecified atom stereocenters. The van der Waals surface area contributed by atoms with Crippen molar-refractivity contribution in [2.45, 2.75) is 0 Å². The van der Waals surface area contributed by atoms with Crippen LogP contribution in [0.1, 0.15) is 0 Å². The van der Waals surface area contributed by atoms with E-state index in [4.69, 9.17) is 23.2 Å². The number of rotatable bonds is 2. The summed E-state index contributed by atoms with van der Waals surface area (Å²) in [7, 11) is 0. The van der Waals surface area contributed by atoms with Crippen LogP contribution in [-0.4, -0.2) is 15.2 Å². The van der Waals surface area contributed by atoms with Crippen LogP contribution in [-0.2, 0) is 0 Å². The third-order valence-electron chi connectivity index (χ3n) is 2.66. The highest BCUT2D eigenvalue weighted by molar-refractivity contribution is 6.32. The van der Waals surface area contributed by atoms with Gasteiger partial charge in [-0.05, 0) is 23.1 Å². The summed E-state index contributed by atoms with van der Waals surface area (Å²) in [6.07, 6.45) is 0. The minimum atomic E-state index is 0.0483. The minimum absolute atomic E-state index is 0.0483. The third kappa shape index (κ3) is 2.45. The van der Waals surface area contributed by atoms with Crippen molar-refractivity contribution in [3.8, 4) is 0 Å². The summed E-state index contributed by atoms with van der Waals surface area (Å²) < 4.78 is 0. The quantitative estimate of drug-likeness (QED) is 0.773. The van der Waals surface area contributed by atoms with Crippen molar-refractivity contribution in [2.75, 3.05) is 5.32 Å². The van der Waals surface area contributed by atoms with Crippen molar-refractivity contribution in [3.05, 3.63) is 52.9 Å². The predicted octanol–water partition coefficient (Wildman–Crippen LogP) is 4.08. The van der Waals surface area contributed by atoms with Gasteiger partial charge in [0.15, 0.2) is 11.0 Å². The van der Waals surface area contributed by atoms with Gasteiger partial charge in [-0.1, -0.05) is 48.0 Å². The first-order chi connectivity index (χ1) is 9.24. The van der Waals surface area contributed by atoms with Gasteiger partial charge in [-0.2, -0.15) is 4.98 Å². The van der Waals surface area contributed by atoms with Gasteiger partial charge in [0.25, 0.3) is 0 Å². The maximum Gasteiger partial charge on any atom is 0.245 e. The van der Waals surface area contributed by atoms with Gasteiger partial charge in [-0.15, -0.1) is 10.2 Å². The maximum atomic E-state index is 5.94. The normalized spacial score (nSPS) is 10.6. The Balaban J connectivity index is 2.08. The molecular formula is C13H8Cl2N4. The van der Waals surface area contributed by atoms with Gasteiger partial charge in [-0.25, -0.2) is 0 Å². The summed E-state index contributed by atoms with van der Waals surface area (Å²) in [4.78, 5) is 4.02. The molecule has 1 N–H and O–H groups in total. The van der Waals surface area contributed by atoms with E-state index in [1.54, 1.807) is 0 Å². The van der Waals surface area contributed by atoms with Crippen LogP contribution in [0.5, 0.6) is 0 Å². The second-order valence-corrected chi connectivity index (χ2v) is 4.57. The molecule has 2 aromatic carbocycles. The average Bonchev–Trinajstić information content (AvgIpc) is 2.43. The molecule has 0 bridgehead atoms. The van der Waals surface area contributed by atoms with Gasteiger partial charge >= 0.3 is 0 Å². The van der Waals surface area contributed by atoms with Crippen molar-refractivity contribution in [1.29, 1.82) is 0 Å². The lowest BCUT2D eigenvalue weighted by Crippen LogP contribution is -1.99. The Morgan fingerprint density at radius 2 is 1.68 bits per heavy atom.